The molecule has 0 fully saturated rings. The highest BCUT2D eigenvalue weighted by Crippen LogP contribution is 2.60. The van der Waals surface area contributed by atoms with Crippen molar-refractivity contribution >= 4 is 11.0 Å². The second-order valence-corrected chi connectivity index (χ2v) is 12.2. The molecule has 2 aromatic heterocycles. The van der Waals surface area contributed by atoms with Crippen LogP contribution in [-0.2, 0) is 5.41 Å². The van der Waals surface area contributed by atoms with E-state index in [1.165, 1.54) is 33.4 Å². The first kappa shape index (κ1) is 25.3. The second-order valence-electron chi connectivity index (χ2n) is 12.2. The smallest absolute Gasteiger partial charge is 0.164 e. The van der Waals surface area contributed by atoms with E-state index in [9.17, 15) is 0 Å². The van der Waals surface area contributed by atoms with Crippen molar-refractivity contribution in [2.45, 2.75) is 5.41 Å². The van der Waals surface area contributed by atoms with Crippen LogP contribution in [0.5, 0.6) is 0 Å². The zero-order valence-corrected chi connectivity index (χ0v) is 24.9. The van der Waals surface area contributed by atoms with Gasteiger partial charge in [-0.1, -0.05) is 140 Å². The van der Waals surface area contributed by atoms with Gasteiger partial charge in [-0.2, -0.15) is 0 Å². The molecule has 0 unspecified atom stereocenters. The van der Waals surface area contributed by atoms with E-state index in [0.29, 0.717) is 0 Å². The summed E-state index contributed by atoms with van der Waals surface area (Å²) in [7, 11) is 0. The Bertz CT molecular complexity index is 2370. The van der Waals surface area contributed by atoms with Gasteiger partial charge in [0.2, 0.25) is 0 Å². The molecule has 0 radical (unpaired) electrons. The van der Waals surface area contributed by atoms with E-state index in [-0.39, 0.29) is 0 Å². The summed E-state index contributed by atoms with van der Waals surface area (Å²) >= 11 is 0. The summed E-state index contributed by atoms with van der Waals surface area (Å²) in [4.78, 5) is 10.7. The monoisotopic (exact) mass is 585 g/mol. The Kier molecular flexibility index (Phi) is 5.20. The zero-order valence-electron chi connectivity index (χ0n) is 24.9. The predicted octanol–water partition coefficient (Wildman–Crippen LogP) is 10.1. The molecule has 46 heavy (non-hydrogen) atoms. The highest BCUT2D eigenvalue weighted by atomic mass is 15.1. The molecule has 3 heterocycles. The summed E-state index contributed by atoms with van der Waals surface area (Å²) in [5.74, 6) is 0.847. The standard InChI is InChI=1S/C43H27N3/c1-3-14-28(15-4-1)30-26-38(29-16-5-2-6-17-29)44-39(27-30)42-45-37-24-13-23-36-41(37)46(42)40-25-12-11-22-35(40)43(36)33-20-9-7-18-31(33)32-19-8-10-21-34(32)43/h1-27H. The molecule has 0 amide bonds. The van der Waals surface area contributed by atoms with Crippen LogP contribution in [-0.4, -0.2) is 14.5 Å². The molecule has 3 heteroatoms. The summed E-state index contributed by atoms with van der Waals surface area (Å²) in [6.45, 7) is 0. The first-order chi connectivity index (χ1) is 22.8. The number of nitrogens with zero attached hydrogens (tertiary/aromatic N) is 3. The van der Waals surface area contributed by atoms with Gasteiger partial charge in [-0.3, -0.25) is 4.57 Å². The minimum Gasteiger partial charge on any atom is -0.290 e. The lowest BCUT2D eigenvalue weighted by molar-refractivity contribution is 0.745. The molecule has 0 saturated heterocycles. The Morgan fingerprint density at radius 1 is 0.413 bits per heavy atom. The minimum absolute atomic E-state index is 0.453. The zero-order chi connectivity index (χ0) is 30.2. The molecule has 0 N–H and O–H groups in total. The van der Waals surface area contributed by atoms with Crippen LogP contribution in [0.3, 0.4) is 0 Å². The van der Waals surface area contributed by atoms with Crippen molar-refractivity contribution in [3.63, 3.8) is 0 Å². The van der Waals surface area contributed by atoms with Crippen LogP contribution < -0.4 is 0 Å². The summed E-state index contributed by atoms with van der Waals surface area (Å²) < 4.78 is 2.36. The van der Waals surface area contributed by atoms with Crippen LogP contribution in [0.1, 0.15) is 22.3 Å². The van der Waals surface area contributed by atoms with E-state index in [1.807, 2.05) is 6.07 Å². The van der Waals surface area contributed by atoms with Crippen LogP contribution >= 0.6 is 0 Å². The lowest BCUT2D eigenvalue weighted by Gasteiger charge is -2.39. The third-order valence-corrected chi connectivity index (χ3v) is 9.81. The molecule has 1 aliphatic carbocycles. The van der Waals surface area contributed by atoms with E-state index in [4.69, 9.17) is 9.97 Å². The Hall–Kier alpha value is -6.06. The van der Waals surface area contributed by atoms with E-state index in [1.54, 1.807) is 0 Å². The number of benzene rings is 6. The van der Waals surface area contributed by atoms with Crippen LogP contribution in [0.25, 0.3) is 61.8 Å². The fourth-order valence-electron chi connectivity index (χ4n) is 7.98. The van der Waals surface area contributed by atoms with Gasteiger partial charge in [0.25, 0.3) is 0 Å². The quantitative estimate of drug-likeness (QED) is 0.207. The molecule has 10 rings (SSSR count). The van der Waals surface area contributed by atoms with Gasteiger partial charge in [0.05, 0.1) is 27.8 Å². The number of imidazole rings is 1. The lowest BCUT2D eigenvalue weighted by atomic mass is 9.65. The fraction of sp³-hybridized carbons (Fsp3) is 0.0233. The molecule has 0 atom stereocenters. The molecule has 0 bridgehead atoms. The number of fused-ring (bicyclic) bond motifs is 9. The molecule has 8 aromatic rings. The Balaban J connectivity index is 1.32. The number of hydrogen-bond acceptors (Lipinski definition) is 2. The average Bonchev–Trinajstić information content (AvgIpc) is 3.67. The largest absolute Gasteiger partial charge is 0.290 e. The third kappa shape index (κ3) is 3.32. The average molecular weight is 586 g/mol. The highest BCUT2D eigenvalue weighted by Gasteiger charge is 2.50. The van der Waals surface area contributed by atoms with Crippen molar-refractivity contribution in [3.05, 3.63) is 186 Å². The van der Waals surface area contributed by atoms with Crippen molar-refractivity contribution in [2.24, 2.45) is 0 Å². The van der Waals surface area contributed by atoms with E-state index >= 15 is 0 Å². The van der Waals surface area contributed by atoms with Crippen LogP contribution in [0.2, 0.25) is 0 Å². The number of para-hydroxylation sites is 2. The SMILES string of the molecule is c1ccc(-c2cc(-c3ccccc3)nc(-c3nc4cccc5c4n3-c3ccccc3C53c4ccccc4-c4ccccc43)c2)cc1. The molecule has 6 aromatic carbocycles. The first-order valence-corrected chi connectivity index (χ1v) is 15.8. The molecule has 214 valence electrons. The van der Waals surface area contributed by atoms with Crippen molar-refractivity contribution in [3.8, 4) is 50.7 Å². The summed E-state index contributed by atoms with van der Waals surface area (Å²) in [6, 6.07) is 58.7. The van der Waals surface area contributed by atoms with Gasteiger partial charge >= 0.3 is 0 Å². The number of pyridine rings is 1. The van der Waals surface area contributed by atoms with Gasteiger partial charge < -0.3 is 0 Å². The maximum absolute atomic E-state index is 5.39. The molecule has 1 spiro atoms. The fourth-order valence-corrected chi connectivity index (χ4v) is 7.98. The van der Waals surface area contributed by atoms with E-state index in [2.05, 4.69) is 162 Å². The maximum Gasteiger partial charge on any atom is 0.164 e. The molecular formula is C43H27N3. The summed E-state index contributed by atoms with van der Waals surface area (Å²) in [6.07, 6.45) is 0. The van der Waals surface area contributed by atoms with Gasteiger partial charge in [0.15, 0.2) is 5.82 Å². The second kappa shape index (κ2) is 9.47. The summed E-state index contributed by atoms with van der Waals surface area (Å²) in [5, 5.41) is 0. The van der Waals surface area contributed by atoms with E-state index in [0.717, 1.165) is 50.6 Å². The molecule has 0 saturated carbocycles. The van der Waals surface area contributed by atoms with Crippen molar-refractivity contribution in [1.29, 1.82) is 0 Å². The predicted molar refractivity (Wildman–Crippen MR) is 186 cm³/mol. The van der Waals surface area contributed by atoms with Crippen LogP contribution in [0.4, 0.5) is 0 Å². The Labute approximate surface area is 267 Å². The van der Waals surface area contributed by atoms with Gasteiger partial charge in [0, 0.05) is 5.56 Å². The van der Waals surface area contributed by atoms with Crippen LogP contribution in [0.15, 0.2) is 164 Å². The summed E-state index contributed by atoms with van der Waals surface area (Å²) in [5.41, 5.74) is 15.6. The van der Waals surface area contributed by atoms with Gasteiger partial charge in [-0.25, -0.2) is 9.97 Å². The van der Waals surface area contributed by atoms with Crippen molar-refractivity contribution < 1.29 is 0 Å². The van der Waals surface area contributed by atoms with Gasteiger partial charge in [0.1, 0.15) is 5.69 Å². The topological polar surface area (TPSA) is 30.7 Å². The molecule has 1 aliphatic heterocycles. The first-order valence-electron chi connectivity index (χ1n) is 15.8. The van der Waals surface area contributed by atoms with Gasteiger partial charge in [-0.05, 0) is 68.8 Å². The van der Waals surface area contributed by atoms with Crippen molar-refractivity contribution in [2.75, 3.05) is 0 Å². The van der Waals surface area contributed by atoms with E-state index < -0.39 is 5.41 Å². The number of hydrogen-bond donors (Lipinski definition) is 0. The molecule has 3 nitrogen and oxygen atoms in total. The molecular weight excluding hydrogens is 558 g/mol. The maximum atomic E-state index is 5.39. The Morgan fingerprint density at radius 2 is 0.978 bits per heavy atom. The number of rotatable bonds is 3. The normalized spacial score (nSPS) is 13.4. The molecule has 2 aliphatic rings. The Morgan fingerprint density at radius 3 is 1.70 bits per heavy atom. The highest BCUT2D eigenvalue weighted by molar-refractivity contribution is 5.97. The third-order valence-electron chi connectivity index (χ3n) is 9.81. The van der Waals surface area contributed by atoms with Gasteiger partial charge in [-0.15, -0.1) is 0 Å². The minimum atomic E-state index is -0.453. The van der Waals surface area contributed by atoms with Crippen molar-refractivity contribution in [1.82, 2.24) is 14.5 Å². The number of aromatic nitrogens is 3. The lowest BCUT2D eigenvalue weighted by Crippen LogP contribution is -2.33. The van der Waals surface area contributed by atoms with Crippen LogP contribution in [0, 0.1) is 0 Å².